The van der Waals surface area contributed by atoms with Crippen LogP contribution in [0.1, 0.15) is 18.4 Å². The Morgan fingerprint density at radius 1 is 0.875 bits per heavy atom. The van der Waals surface area contributed by atoms with Crippen LogP contribution in [0.2, 0.25) is 0 Å². The van der Waals surface area contributed by atoms with Crippen LogP contribution in [-0.4, -0.2) is 37.0 Å². The molecule has 1 heterocycles. The molecule has 2 aromatic carbocycles. The van der Waals surface area contributed by atoms with Crippen LogP contribution in [0.3, 0.4) is 0 Å². The van der Waals surface area contributed by atoms with Gasteiger partial charge in [-0.3, -0.25) is 4.79 Å². The van der Waals surface area contributed by atoms with E-state index >= 15 is 0 Å². The summed E-state index contributed by atoms with van der Waals surface area (Å²) in [5.74, 6) is 0.0542. The summed E-state index contributed by atoms with van der Waals surface area (Å²) >= 11 is 0. The van der Waals surface area contributed by atoms with Gasteiger partial charge in [-0.15, -0.1) is 0 Å². The normalized spacial score (nSPS) is 19.2. The standard InChI is InChI=1S/C20H21FN2O/c21-17-6-8-18(9-7-17)22-12-14-23(15-13-22)19(24)20(10-11-20)16-4-2-1-3-5-16/h1-9H,10-15H2. The number of piperazine rings is 1. The molecule has 0 bridgehead atoms. The summed E-state index contributed by atoms with van der Waals surface area (Å²) in [4.78, 5) is 17.2. The van der Waals surface area contributed by atoms with Crippen molar-refractivity contribution in [2.75, 3.05) is 31.1 Å². The Labute approximate surface area is 141 Å². The monoisotopic (exact) mass is 324 g/mol. The summed E-state index contributed by atoms with van der Waals surface area (Å²) in [6.07, 6.45) is 1.90. The second kappa shape index (κ2) is 5.93. The summed E-state index contributed by atoms with van der Waals surface area (Å²) in [5.41, 5.74) is 1.89. The van der Waals surface area contributed by atoms with Gasteiger partial charge in [-0.2, -0.15) is 0 Å². The molecular formula is C20H21FN2O. The van der Waals surface area contributed by atoms with Crippen LogP contribution >= 0.6 is 0 Å². The fourth-order valence-electron chi connectivity index (χ4n) is 3.63. The number of amides is 1. The molecule has 1 aliphatic heterocycles. The molecule has 4 rings (SSSR count). The predicted octanol–water partition coefficient (Wildman–Crippen LogP) is 3.21. The Morgan fingerprint density at radius 3 is 2.08 bits per heavy atom. The molecular weight excluding hydrogens is 303 g/mol. The lowest BCUT2D eigenvalue weighted by Gasteiger charge is -2.38. The summed E-state index contributed by atoms with van der Waals surface area (Å²) in [6.45, 7) is 3.04. The zero-order chi connectivity index (χ0) is 16.6. The fraction of sp³-hybridized carbons (Fsp3) is 0.350. The first-order chi connectivity index (χ1) is 11.7. The van der Waals surface area contributed by atoms with Gasteiger partial charge in [-0.1, -0.05) is 30.3 Å². The van der Waals surface area contributed by atoms with E-state index in [1.807, 2.05) is 23.1 Å². The second-order valence-electron chi connectivity index (χ2n) is 6.70. The van der Waals surface area contributed by atoms with Gasteiger partial charge < -0.3 is 9.80 Å². The van der Waals surface area contributed by atoms with Gasteiger partial charge in [0.2, 0.25) is 5.91 Å². The molecule has 0 unspecified atom stereocenters. The molecule has 0 atom stereocenters. The van der Waals surface area contributed by atoms with E-state index in [0.29, 0.717) is 0 Å². The lowest BCUT2D eigenvalue weighted by molar-refractivity contribution is -0.134. The van der Waals surface area contributed by atoms with Gasteiger partial charge in [-0.05, 0) is 42.7 Å². The van der Waals surface area contributed by atoms with Crippen molar-refractivity contribution >= 4 is 11.6 Å². The molecule has 2 aromatic rings. The van der Waals surface area contributed by atoms with E-state index in [2.05, 4.69) is 17.0 Å². The molecule has 2 aliphatic rings. The molecule has 1 amide bonds. The summed E-state index contributed by atoms with van der Waals surface area (Å²) < 4.78 is 13.0. The number of halogens is 1. The Morgan fingerprint density at radius 2 is 1.50 bits per heavy atom. The molecule has 1 saturated heterocycles. The summed E-state index contributed by atoms with van der Waals surface area (Å²) in [5, 5.41) is 0. The zero-order valence-electron chi connectivity index (χ0n) is 13.6. The highest BCUT2D eigenvalue weighted by Crippen LogP contribution is 2.49. The van der Waals surface area contributed by atoms with Crippen molar-refractivity contribution < 1.29 is 9.18 Å². The average molecular weight is 324 g/mol. The average Bonchev–Trinajstić information content (AvgIpc) is 3.45. The van der Waals surface area contributed by atoms with Crippen LogP contribution in [0, 0.1) is 5.82 Å². The van der Waals surface area contributed by atoms with E-state index in [9.17, 15) is 9.18 Å². The number of carbonyl (C=O) groups is 1. The molecule has 4 heteroatoms. The highest BCUT2D eigenvalue weighted by atomic mass is 19.1. The van der Waals surface area contributed by atoms with Crippen LogP contribution in [0.4, 0.5) is 10.1 Å². The van der Waals surface area contributed by atoms with Gasteiger partial charge in [0.15, 0.2) is 0 Å². The Hall–Kier alpha value is -2.36. The van der Waals surface area contributed by atoms with Crippen molar-refractivity contribution in [2.24, 2.45) is 0 Å². The maximum Gasteiger partial charge on any atom is 0.233 e. The van der Waals surface area contributed by atoms with Gasteiger partial charge in [0.05, 0.1) is 5.41 Å². The molecule has 3 nitrogen and oxygen atoms in total. The number of carbonyl (C=O) groups excluding carboxylic acids is 1. The highest BCUT2D eigenvalue weighted by Gasteiger charge is 2.53. The third-order valence-corrected chi connectivity index (χ3v) is 5.24. The molecule has 24 heavy (non-hydrogen) atoms. The van der Waals surface area contributed by atoms with Gasteiger partial charge in [0, 0.05) is 31.9 Å². The van der Waals surface area contributed by atoms with Crippen LogP contribution in [0.5, 0.6) is 0 Å². The van der Waals surface area contributed by atoms with Crippen LogP contribution < -0.4 is 4.90 Å². The second-order valence-corrected chi connectivity index (χ2v) is 6.70. The molecule has 124 valence electrons. The van der Waals surface area contributed by atoms with Gasteiger partial charge >= 0.3 is 0 Å². The smallest absolute Gasteiger partial charge is 0.233 e. The highest BCUT2D eigenvalue weighted by molar-refractivity contribution is 5.91. The quantitative estimate of drug-likeness (QED) is 0.865. The van der Waals surface area contributed by atoms with Crippen molar-refractivity contribution in [1.82, 2.24) is 4.90 Å². The third-order valence-electron chi connectivity index (χ3n) is 5.24. The van der Waals surface area contributed by atoms with E-state index < -0.39 is 0 Å². The number of hydrogen-bond donors (Lipinski definition) is 0. The Bertz CT molecular complexity index is 717. The number of anilines is 1. The summed E-state index contributed by atoms with van der Waals surface area (Å²) in [6, 6.07) is 16.7. The molecule has 2 fully saturated rings. The maximum atomic E-state index is 13.0. The molecule has 1 saturated carbocycles. The lowest BCUT2D eigenvalue weighted by atomic mass is 9.94. The number of hydrogen-bond acceptors (Lipinski definition) is 2. The van der Waals surface area contributed by atoms with Gasteiger partial charge in [0.1, 0.15) is 5.82 Å². The van der Waals surface area contributed by atoms with Crippen molar-refractivity contribution in [2.45, 2.75) is 18.3 Å². The number of rotatable bonds is 3. The Balaban J connectivity index is 1.43. The molecule has 0 aromatic heterocycles. The Kier molecular flexibility index (Phi) is 3.75. The zero-order valence-corrected chi connectivity index (χ0v) is 13.6. The maximum absolute atomic E-state index is 13.0. The molecule has 0 radical (unpaired) electrons. The van der Waals surface area contributed by atoms with Gasteiger partial charge in [-0.25, -0.2) is 4.39 Å². The predicted molar refractivity (Wildman–Crippen MR) is 92.5 cm³/mol. The van der Waals surface area contributed by atoms with Crippen LogP contribution in [-0.2, 0) is 10.2 Å². The van der Waals surface area contributed by atoms with Gasteiger partial charge in [0.25, 0.3) is 0 Å². The van der Waals surface area contributed by atoms with Crippen LogP contribution in [0.15, 0.2) is 54.6 Å². The summed E-state index contributed by atoms with van der Waals surface area (Å²) in [7, 11) is 0. The van der Waals surface area contributed by atoms with Crippen molar-refractivity contribution in [3.8, 4) is 0 Å². The topological polar surface area (TPSA) is 23.6 Å². The third kappa shape index (κ3) is 2.66. The fourth-order valence-corrected chi connectivity index (χ4v) is 3.63. The van der Waals surface area contributed by atoms with E-state index in [4.69, 9.17) is 0 Å². The minimum atomic E-state index is -0.278. The first-order valence-corrected chi connectivity index (χ1v) is 8.54. The van der Waals surface area contributed by atoms with E-state index in [1.165, 1.54) is 12.1 Å². The first-order valence-electron chi connectivity index (χ1n) is 8.54. The number of nitrogens with zero attached hydrogens (tertiary/aromatic N) is 2. The number of benzene rings is 2. The van der Waals surface area contributed by atoms with E-state index in [-0.39, 0.29) is 17.1 Å². The minimum absolute atomic E-state index is 0.217. The van der Waals surface area contributed by atoms with Crippen LogP contribution in [0.25, 0.3) is 0 Å². The van der Waals surface area contributed by atoms with E-state index in [0.717, 1.165) is 50.3 Å². The minimum Gasteiger partial charge on any atom is -0.368 e. The lowest BCUT2D eigenvalue weighted by Crippen LogP contribution is -2.51. The molecule has 0 spiro atoms. The molecule has 0 N–H and O–H groups in total. The largest absolute Gasteiger partial charge is 0.368 e. The SMILES string of the molecule is O=C(N1CCN(c2ccc(F)cc2)CC1)C1(c2ccccc2)CC1. The van der Waals surface area contributed by atoms with Crippen molar-refractivity contribution in [1.29, 1.82) is 0 Å². The van der Waals surface area contributed by atoms with E-state index in [1.54, 1.807) is 12.1 Å². The first kappa shape index (κ1) is 15.2. The van der Waals surface area contributed by atoms with Crippen molar-refractivity contribution in [3.05, 3.63) is 66.0 Å². The van der Waals surface area contributed by atoms with Crippen molar-refractivity contribution in [3.63, 3.8) is 0 Å². The molecule has 1 aliphatic carbocycles.